The molecule has 0 radical (unpaired) electrons. The van der Waals surface area contributed by atoms with Gasteiger partial charge in [0.25, 0.3) is 0 Å². The molecule has 2 unspecified atom stereocenters. The average molecular weight is 378 g/mol. The third kappa shape index (κ3) is 2.91. The molecule has 5 heteroatoms. The highest BCUT2D eigenvalue weighted by atomic mass is 79.9. The number of carbonyl (C=O) groups is 2. The van der Waals surface area contributed by atoms with E-state index in [1.54, 1.807) is 0 Å². The van der Waals surface area contributed by atoms with Crippen LogP contribution in [-0.2, 0) is 9.59 Å². The molecule has 1 aromatic rings. The fraction of sp³-hybridized carbons (Fsp3) is 0.556. The van der Waals surface area contributed by atoms with E-state index in [1.165, 1.54) is 5.56 Å². The Bertz CT molecular complexity index is 657. The van der Waals surface area contributed by atoms with Gasteiger partial charge < -0.3 is 10.0 Å². The predicted molar refractivity (Wildman–Crippen MR) is 88.9 cm³/mol. The lowest BCUT2D eigenvalue weighted by Gasteiger charge is -2.16. The van der Waals surface area contributed by atoms with Crippen LogP contribution in [0.3, 0.4) is 0 Å². The number of hydrogen-bond acceptors (Lipinski definition) is 2. The summed E-state index contributed by atoms with van der Waals surface area (Å²) in [4.78, 5) is 26.1. The molecule has 3 aliphatic rings. The molecule has 1 amide bonds. The molecule has 4 rings (SSSR count). The van der Waals surface area contributed by atoms with Crippen LogP contribution in [0.15, 0.2) is 28.7 Å². The molecule has 2 saturated carbocycles. The first-order chi connectivity index (χ1) is 11.0. The second-order valence-electron chi connectivity index (χ2n) is 7.19. The van der Waals surface area contributed by atoms with Gasteiger partial charge in [-0.05, 0) is 54.7 Å². The van der Waals surface area contributed by atoms with Crippen molar-refractivity contribution in [2.24, 2.45) is 23.7 Å². The van der Waals surface area contributed by atoms with Crippen molar-refractivity contribution in [3.8, 4) is 0 Å². The highest BCUT2D eigenvalue weighted by Crippen LogP contribution is 2.50. The molecule has 0 aromatic heterocycles. The van der Waals surface area contributed by atoms with Crippen molar-refractivity contribution in [3.05, 3.63) is 34.3 Å². The van der Waals surface area contributed by atoms with E-state index in [1.807, 2.05) is 17.0 Å². The number of likely N-dealkylation sites (tertiary alicyclic amines) is 1. The van der Waals surface area contributed by atoms with Crippen LogP contribution >= 0.6 is 15.9 Å². The van der Waals surface area contributed by atoms with Crippen molar-refractivity contribution in [1.29, 1.82) is 0 Å². The monoisotopic (exact) mass is 377 g/mol. The maximum atomic E-state index is 12.8. The quantitative estimate of drug-likeness (QED) is 0.876. The summed E-state index contributed by atoms with van der Waals surface area (Å²) in [5, 5.41) is 9.43. The molecule has 1 N–H and O–H groups in total. The highest BCUT2D eigenvalue weighted by Gasteiger charge is 2.51. The molecule has 0 bridgehead atoms. The second kappa shape index (κ2) is 5.62. The molecule has 1 aliphatic heterocycles. The van der Waals surface area contributed by atoms with Gasteiger partial charge in [0.1, 0.15) is 0 Å². The Hall–Kier alpha value is -1.36. The Kier molecular flexibility index (Phi) is 3.71. The van der Waals surface area contributed by atoms with Crippen LogP contribution in [0.25, 0.3) is 0 Å². The summed E-state index contributed by atoms with van der Waals surface area (Å²) in [6.07, 6.45) is 3.14. The minimum atomic E-state index is -0.739. The number of carbonyl (C=O) groups excluding carboxylic acids is 1. The van der Waals surface area contributed by atoms with Gasteiger partial charge in [-0.3, -0.25) is 9.59 Å². The number of carboxylic acid groups (broad SMARTS) is 1. The fourth-order valence-corrected chi connectivity index (χ4v) is 4.50. The molecule has 4 atom stereocenters. The van der Waals surface area contributed by atoms with Crippen LogP contribution in [0, 0.1) is 23.7 Å². The summed E-state index contributed by atoms with van der Waals surface area (Å²) < 4.78 is 1.04. The van der Waals surface area contributed by atoms with Gasteiger partial charge in [0.2, 0.25) is 5.91 Å². The van der Waals surface area contributed by atoms with Gasteiger partial charge in [0, 0.05) is 23.5 Å². The second-order valence-corrected chi connectivity index (χ2v) is 8.11. The lowest BCUT2D eigenvalue weighted by molar-refractivity contribution is -0.142. The van der Waals surface area contributed by atoms with E-state index in [0.29, 0.717) is 24.9 Å². The lowest BCUT2D eigenvalue weighted by Crippen LogP contribution is -2.31. The third-order valence-electron chi connectivity index (χ3n) is 5.61. The van der Waals surface area contributed by atoms with Gasteiger partial charge in [-0.1, -0.05) is 28.1 Å². The smallest absolute Gasteiger partial charge is 0.308 e. The van der Waals surface area contributed by atoms with Crippen LogP contribution in [0.1, 0.15) is 30.7 Å². The van der Waals surface area contributed by atoms with Crippen LogP contribution in [-0.4, -0.2) is 35.0 Å². The van der Waals surface area contributed by atoms with Crippen molar-refractivity contribution in [2.75, 3.05) is 13.1 Å². The first-order valence-corrected chi connectivity index (χ1v) is 9.11. The van der Waals surface area contributed by atoms with Crippen LogP contribution in [0.5, 0.6) is 0 Å². The zero-order valence-corrected chi connectivity index (χ0v) is 14.4. The molecular weight excluding hydrogens is 358 g/mol. The van der Waals surface area contributed by atoms with E-state index in [0.717, 1.165) is 23.7 Å². The Morgan fingerprint density at radius 3 is 2.61 bits per heavy atom. The van der Waals surface area contributed by atoms with Gasteiger partial charge >= 0.3 is 5.97 Å². The fourth-order valence-electron chi connectivity index (χ4n) is 4.08. The SMILES string of the molecule is O=C(O)[C@H]1CN(C(=O)C2CC2c2cccc(Br)c2)C[C@@H]1C1CC1. The largest absolute Gasteiger partial charge is 0.481 e. The number of halogens is 1. The van der Waals surface area contributed by atoms with E-state index in [2.05, 4.69) is 28.1 Å². The normalized spacial score (nSPS) is 32.8. The van der Waals surface area contributed by atoms with Gasteiger partial charge in [-0.15, -0.1) is 0 Å². The van der Waals surface area contributed by atoms with Crippen LogP contribution in [0.2, 0.25) is 0 Å². The van der Waals surface area contributed by atoms with Crippen molar-refractivity contribution in [3.63, 3.8) is 0 Å². The third-order valence-corrected chi connectivity index (χ3v) is 6.10. The minimum absolute atomic E-state index is 0.0386. The number of amides is 1. The summed E-state index contributed by atoms with van der Waals surface area (Å²) >= 11 is 3.48. The first kappa shape index (κ1) is 15.2. The Morgan fingerprint density at radius 1 is 1.17 bits per heavy atom. The summed E-state index contributed by atoms with van der Waals surface area (Å²) in [6.45, 7) is 1.04. The van der Waals surface area contributed by atoms with E-state index in [9.17, 15) is 14.7 Å². The zero-order chi connectivity index (χ0) is 16.1. The number of rotatable bonds is 4. The molecule has 0 spiro atoms. The van der Waals surface area contributed by atoms with Gasteiger partial charge in [0.15, 0.2) is 0 Å². The van der Waals surface area contributed by atoms with Crippen LogP contribution in [0.4, 0.5) is 0 Å². The Morgan fingerprint density at radius 2 is 1.96 bits per heavy atom. The highest BCUT2D eigenvalue weighted by molar-refractivity contribution is 9.10. The Labute approximate surface area is 144 Å². The summed E-state index contributed by atoms with van der Waals surface area (Å²) in [5.41, 5.74) is 1.20. The van der Waals surface area contributed by atoms with Crippen molar-refractivity contribution in [1.82, 2.24) is 4.90 Å². The number of carboxylic acids is 1. The number of benzene rings is 1. The van der Waals surface area contributed by atoms with Crippen molar-refractivity contribution < 1.29 is 14.7 Å². The Balaban J connectivity index is 1.43. The van der Waals surface area contributed by atoms with E-state index >= 15 is 0 Å². The van der Waals surface area contributed by atoms with E-state index in [-0.39, 0.29) is 23.7 Å². The average Bonchev–Trinajstić information content (AvgIpc) is 3.43. The standard InChI is InChI=1S/C18H20BrNO3/c19-12-3-1-2-11(6-12)13-7-14(13)17(21)20-8-15(10-4-5-10)16(9-20)18(22)23/h1-3,6,10,13-16H,4-5,7-9H2,(H,22,23)/t13?,14?,15-,16+/m1/s1. The zero-order valence-electron chi connectivity index (χ0n) is 12.8. The number of nitrogens with zero attached hydrogens (tertiary/aromatic N) is 1. The van der Waals surface area contributed by atoms with Crippen LogP contribution < -0.4 is 0 Å². The van der Waals surface area contributed by atoms with E-state index < -0.39 is 5.97 Å². The molecule has 1 aromatic carbocycles. The van der Waals surface area contributed by atoms with E-state index in [4.69, 9.17) is 0 Å². The molecule has 1 saturated heterocycles. The molecule has 122 valence electrons. The summed E-state index contributed by atoms with van der Waals surface area (Å²) in [6, 6.07) is 8.13. The molecular formula is C18H20BrNO3. The molecule has 23 heavy (non-hydrogen) atoms. The first-order valence-electron chi connectivity index (χ1n) is 8.31. The van der Waals surface area contributed by atoms with Crippen molar-refractivity contribution in [2.45, 2.75) is 25.2 Å². The molecule has 1 heterocycles. The molecule has 3 fully saturated rings. The predicted octanol–water partition coefficient (Wildman–Crippen LogP) is 3.12. The maximum absolute atomic E-state index is 12.8. The number of aliphatic carboxylic acids is 1. The van der Waals surface area contributed by atoms with Gasteiger partial charge in [0.05, 0.1) is 5.92 Å². The van der Waals surface area contributed by atoms with Gasteiger partial charge in [-0.25, -0.2) is 0 Å². The number of hydrogen-bond donors (Lipinski definition) is 1. The van der Waals surface area contributed by atoms with Crippen molar-refractivity contribution >= 4 is 27.8 Å². The molecule has 4 nitrogen and oxygen atoms in total. The maximum Gasteiger partial charge on any atom is 0.308 e. The topological polar surface area (TPSA) is 57.6 Å². The minimum Gasteiger partial charge on any atom is -0.481 e. The summed E-state index contributed by atoms with van der Waals surface area (Å²) in [5.74, 6) is 0.0730. The lowest BCUT2D eigenvalue weighted by atomic mass is 9.92. The van der Waals surface area contributed by atoms with Gasteiger partial charge in [-0.2, -0.15) is 0 Å². The summed E-state index contributed by atoms with van der Waals surface area (Å²) in [7, 11) is 0. The molecule has 2 aliphatic carbocycles.